The molecular formula is C21H23NO3. The Morgan fingerprint density at radius 2 is 2.00 bits per heavy atom. The van der Waals surface area contributed by atoms with Crippen LogP contribution in [0.15, 0.2) is 36.4 Å². The Morgan fingerprint density at radius 3 is 2.88 bits per heavy atom. The van der Waals surface area contributed by atoms with Crippen LogP contribution in [0.25, 0.3) is 0 Å². The van der Waals surface area contributed by atoms with Crippen LogP contribution in [0.5, 0.6) is 11.5 Å². The van der Waals surface area contributed by atoms with Gasteiger partial charge in [-0.15, -0.1) is 0 Å². The molecule has 4 nitrogen and oxygen atoms in total. The number of amides is 1. The third kappa shape index (κ3) is 3.34. The summed E-state index contributed by atoms with van der Waals surface area (Å²) in [7, 11) is 0. The molecule has 4 rings (SSSR count). The average Bonchev–Trinajstić information content (AvgIpc) is 3.14. The molecule has 2 aromatic rings. The first kappa shape index (κ1) is 16.0. The summed E-state index contributed by atoms with van der Waals surface area (Å²) >= 11 is 0. The largest absolute Gasteiger partial charge is 0.483 e. The summed E-state index contributed by atoms with van der Waals surface area (Å²) in [5, 5.41) is 2.92. The summed E-state index contributed by atoms with van der Waals surface area (Å²) in [6.07, 6.45) is 4.28. The van der Waals surface area contributed by atoms with Crippen molar-refractivity contribution in [3.8, 4) is 11.5 Å². The summed E-state index contributed by atoms with van der Waals surface area (Å²) in [6.45, 7) is 4.08. The zero-order chi connectivity index (χ0) is 17.4. The zero-order valence-electron chi connectivity index (χ0n) is 14.7. The highest BCUT2D eigenvalue weighted by molar-refractivity contribution is 5.92. The molecule has 0 spiro atoms. The number of anilines is 1. The first-order valence-corrected chi connectivity index (χ1v) is 8.85. The number of para-hydroxylation sites is 1. The standard InChI is InChI=1S/C21H23NO3/c1-21(2)12-16-7-4-8-18(20(16)25-21)24-13-19(23)22-17-10-9-14-5-3-6-15(14)11-17/h4,7-11H,3,5-6,12-13H2,1-2H3,(H,22,23). The van der Waals surface area contributed by atoms with Crippen molar-refractivity contribution in [2.75, 3.05) is 11.9 Å². The van der Waals surface area contributed by atoms with Gasteiger partial charge in [0.15, 0.2) is 18.1 Å². The van der Waals surface area contributed by atoms with Crippen LogP contribution in [0.2, 0.25) is 0 Å². The van der Waals surface area contributed by atoms with Gasteiger partial charge in [0.2, 0.25) is 0 Å². The second-order valence-corrected chi connectivity index (χ2v) is 7.46. The molecule has 1 N–H and O–H groups in total. The number of fused-ring (bicyclic) bond motifs is 2. The minimum atomic E-state index is -0.228. The van der Waals surface area contributed by atoms with Crippen LogP contribution in [0.4, 0.5) is 5.69 Å². The predicted octanol–water partition coefficient (Wildman–Crippen LogP) is 3.91. The van der Waals surface area contributed by atoms with Crippen LogP contribution >= 0.6 is 0 Å². The highest BCUT2D eigenvalue weighted by atomic mass is 16.5. The van der Waals surface area contributed by atoms with Crippen LogP contribution in [0.3, 0.4) is 0 Å². The molecule has 1 heterocycles. The number of ether oxygens (including phenoxy) is 2. The summed E-state index contributed by atoms with van der Waals surface area (Å²) in [6, 6.07) is 12.0. The molecule has 25 heavy (non-hydrogen) atoms. The first-order chi connectivity index (χ1) is 12.0. The summed E-state index contributed by atoms with van der Waals surface area (Å²) in [5.41, 5.74) is 4.48. The maximum Gasteiger partial charge on any atom is 0.262 e. The van der Waals surface area contributed by atoms with Gasteiger partial charge in [-0.05, 0) is 62.4 Å². The molecule has 0 aromatic heterocycles. The normalized spacial score (nSPS) is 16.7. The van der Waals surface area contributed by atoms with Gasteiger partial charge in [0.25, 0.3) is 5.91 Å². The lowest BCUT2D eigenvalue weighted by Crippen LogP contribution is -2.25. The van der Waals surface area contributed by atoms with E-state index in [1.54, 1.807) is 0 Å². The molecule has 1 aliphatic carbocycles. The molecule has 0 bridgehead atoms. The SMILES string of the molecule is CC1(C)Cc2cccc(OCC(=O)Nc3ccc4c(c3)CCC4)c2O1. The molecule has 0 saturated heterocycles. The highest BCUT2D eigenvalue weighted by Gasteiger charge is 2.32. The lowest BCUT2D eigenvalue weighted by atomic mass is 10.0. The van der Waals surface area contributed by atoms with E-state index in [9.17, 15) is 4.79 Å². The summed E-state index contributed by atoms with van der Waals surface area (Å²) in [4.78, 5) is 12.2. The predicted molar refractivity (Wildman–Crippen MR) is 97.4 cm³/mol. The number of benzene rings is 2. The van der Waals surface area contributed by atoms with Crippen LogP contribution < -0.4 is 14.8 Å². The Hall–Kier alpha value is -2.49. The van der Waals surface area contributed by atoms with Crippen molar-refractivity contribution < 1.29 is 14.3 Å². The van der Waals surface area contributed by atoms with Gasteiger partial charge in [0.05, 0.1) is 0 Å². The molecule has 0 radical (unpaired) electrons. The van der Waals surface area contributed by atoms with Gasteiger partial charge in [0, 0.05) is 17.7 Å². The number of carbonyl (C=O) groups is 1. The van der Waals surface area contributed by atoms with E-state index in [0.717, 1.165) is 36.3 Å². The summed E-state index contributed by atoms with van der Waals surface area (Å²) in [5.74, 6) is 1.23. The Labute approximate surface area is 148 Å². The smallest absolute Gasteiger partial charge is 0.262 e. The van der Waals surface area contributed by atoms with Crippen LogP contribution in [-0.2, 0) is 24.1 Å². The van der Waals surface area contributed by atoms with Gasteiger partial charge >= 0.3 is 0 Å². The third-order valence-electron chi connectivity index (χ3n) is 4.80. The molecule has 0 saturated carbocycles. The molecule has 2 aliphatic rings. The molecule has 4 heteroatoms. The molecule has 1 aliphatic heterocycles. The number of nitrogens with one attached hydrogen (secondary N) is 1. The minimum absolute atomic E-state index is 0.0304. The Balaban J connectivity index is 1.39. The molecular weight excluding hydrogens is 314 g/mol. The van der Waals surface area contributed by atoms with Gasteiger partial charge in [-0.3, -0.25) is 4.79 Å². The summed E-state index contributed by atoms with van der Waals surface area (Å²) < 4.78 is 11.7. The Bertz CT molecular complexity index is 826. The van der Waals surface area contributed by atoms with Gasteiger partial charge < -0.3 is 14.8 Å². The highest BCUT2D eigenvalue weighted by Crippen LogP contribution is 2.41. The van der Waals surface area contributed by atoms with Crippen molar-refractivity contribution in [2.45, 2.75) is 45.1 Å². The Morgan fingerprint density at radius 1 is 1.16 bits per heavy atom. The van der Waals surface area contributed by atoms with Crippen molar-refractivity contribution in [3.05, 3.63) is 53.1 Å². The average molecular weight is 337 g/mol. The number of hydrogen-bond acceptors (Lipinski definition) is 3. The van der Waals surface area contributed by atoms with Crippen molar-refractivity contribution in [3.63, 3.8) is 0 Å². The first-order valence-electron chi connectivity index (χ1n) is 8.85. The number of rotatable bonds is 4. The lowest BCUT2D eigenvalue weighted by Gasteiger charge is -2.18. The fraction of sp³-hybridized carbons (Fsp3) is 0.381. The number of aryl methyl sites for hydroxylation is 2. The maximum atomic E-state index is 12.2. The molecule has 130 valence electrons. The second-order valence-electron chi connectivity index (χ2n) is 7.46. The van der Waals surface area contributed by atoms with E-state index >= 15 is 0 Å². The molecule has 0 unspecified atom stereocenters. The van der Waals surface area contributed by atoms with Crippen molar-refractivity contribution in [1.82, 2.24) is 0 Å². The van der Waals surface area contributed by atoms with Crippen molar-refractivity contribution in [1.29, 1.82) is 0 Å². The molecule has 0 atom stereocenters. The quantitative estimate of drug-likeness (QED) is 0.920. The van der Waals surface area contributed by atoms with E-state index in [4.69, 9.17) is 9.47 Å². The fourth-order valence-corrected chi connectivity index (χ4v) is 3.69. The Kier molecular flexibility index (Phi) is 3.91. The van der Waals surface area contributed by atoms with Crippen LogP contribution in [0, 0.1) is 0 Å². The van der Waals surface area contributed by atoms with E-state index < -0.39 is 0 Å². The van der Waals surface area contributed by atoms with Crippen LogP contribution in [0.1, 0.15) is 37.0 Å². The van der Waals surface area contributed by atoms with E-state index in [1.165, 1.54) is 17.5 Å². The number of carbonyl (C=O) groups excluding carboxylic acids is 1. The van der Waals surface area contributed by atoms with Crippen molar-refractivity contribution >= 4 is 11.6 Å². The van der Waals surface area contributed by atoms with Gasteiger partial charge in [-0.25, -0.2) is 0 Å². The van der Waals surface area contributed by atoms with E-state index in [2.05, 4.69) is 31.3 Å². The third-order valence-corrected chi connectivity index (χ3v) is 4.80. The van der Waals surface area contributed by atoms with E-state index in [1.807, 2.05) is 24.3 Å². The minimum Gasteiger partial charge on any atom is -0.483 e. The van der Waals surface area contributed by atoms with Gasteiger partial charge in [0.1, 0.15) is 5.60 Å². The van der Waals surface area contributed by atoms with Crippen LogP contribution in [-0.4, -0.2) is 18.1 Å². The molecule has 2 aromatic carbocycles. The number of hydrogen-bond donors (Lipinski definition) is 1. The fourth-order valence-electron chi connectivity index (χ4n) is 3.69. The maximum absolute atomic E-state index is 12.2. The van der Waals surface area contributed by atoms with Gasteiger partial charge in [-0.1, -0.05) is 18.2 Å². The second kappa shape index (κ2) is 6.10. The zero-order valence-corrected chi connectivity index (χ0v) is 14.7. The monoisotopic (exact) mass is 337 g/mol. The molecule has 1 amide bonds. The van der Waals surface area contributed by atoms with E-state index in [0.29, 0.717) is 5.75 Å². The topological polar surface area (TPSA) is 47.6 Å². The van der Waals surface area contributed by atoms with E-state index in [-0.39, 0.29) is 18.1 Å². The van der Waals surface area contributed by atoms with Crippen molar-refractivity contribution in [2.24, 2.45) is 0 Å². The lowest BCUT2D eigenvalue weighted by molar-refractivity contribution is -0.118. The molecule has 0 fully saturated rings. The van der Waals surface area contributed by atoms with Gasteiger partial charge in [-0.2, -0.15) is 0 Å².